The highest BCUT2D eigenvalue weighted by atomic mass is 16.5. The fourth-order valence-corrected chi connectivity index (χ4v) is 2.08. The summed E-state index contributed by atoms with van der Waals surface area (Å²) in [6, 6.07) is 5.93. The van der Waals surface area contributed by atoms with Crippen LogP contribution in [-0.2, 0) is 11.3 Å². The van der Waals surface area contributed by atoms with Gasteiger partial charge in [0, 0.05) is 12.8 Å². The van der Waals surface area contributed by atoms with Crippen LogP contribution >= 0.6 is 0 Å². The van der Waals surface area contributed by atoms with Crippen molar-refractivity contribution in [3.8, 4) is 0 Å². The third-order valence-electron chi connectivity index (χ3n) is 3.11. The van der Waals surface area contributed by atoms with Crippen LogP contribution in [0.15, 0.2) is 24.4 Å². The van der Waals surface area contributed by atoms with Crippen LogP contribution in [0.1, 0.15) is 25.0 Å². The number of pyridine rings is 1. The Hall–Kier alpha value is -0.930. The SMILES string of the molecule is c1ccc(COCCC2CCNCC2)nc1. The van der Waals surface area contributed by atoms with Crippen LogP contribution in [0.4, 0.5) is 0 Å². The third kappa shape index (κ3) is 3.91. The summed E-state index contributed by atoms with van der Waals surface area (Å²) in [5, 5.41) is 3.38. The molecule has 1 aliphatic heterocycles. The zero-order valence-corrected chi connectivity index (χ0v) is 9.69. The monoisotopic (exact) mass is 220 g/mol. The molecule has 0 unspecified atom stereocenters. The first kappa shape index (κ1) is 11.6. The first-order valence-corrected chi connectivity index (χ1v) is 6.13. The van der Waals surface area contributed by atoms with E-state index >= 15 is 0 Å². The molecule has 1 aromatic rings. The van der Waals surface area contributed by atoms with Gasteiger partial charge in [0.1, 0.15) is 0 Å². The summed E-state index contributed by atoms with van der Waals surface area (Å²) in [7, 11) is 0. The van der Waals surface area contributed by atoms with Crippen molar-refractivity contribution in [1.29, 1.82) is 0 Å². The highest BCUT2D eigenvalue weighted by molar-refractivity contribution is 5.01. The Bertz CT molecular complexity index is 283. The van der Waals surface area contributed by atoms with Gasteiger partial charge in [-0.25, -0.2) is 0 Å². The van der Waals surface area contributed by atoms with Gasteiger partial charge in [-0.1, -0.05) is 6.07 Å². The summed E-state index contributed by atoms with van der Waals surface area (Å²) in [6.45, 7) is 3.85. The van der Waals surface area contributed by atoms with E-state index in [1.54, 1.807) is 0 Å². The molecule has 3 heteroatoms. The van der Waals surface area contributed by atoms with Crippen molar-refractivity contribution in [2.45, 2.75) is 25.9 Å². The van der Waals surface area contributed by atoms with Crippen LogP contribution in [0, 0.1) is 5.92 Å². The minimum absolute atomic E-state index is 0.645. The first-order valence-electron chi connectivity index (χ1n) is 6.13. The van der Waals surface area contributed by atoms with Gasteiger partial charge in [-0.15, -0.1) is 0 Å². The second-order valence-corrected chi connectivity index (χ2v) is 4.36. The predicted octanol–water partition coefficient (Wildman–Crippen LogP) is 1.99. The van der Waals surface area contributed by atoms with Crippen molar-refractivity contribution in [1.82, 2.24) is 10.3 Å². The van der Waals surface area contributed by atoms with Crippen LogP contribution in [0.25, 0.3) is 0 Å². The van der Waals surface area contributed by atoms with Gasteiger partial charge in [0.05, 0.1) is 12.3 Å². The Morgan fingerprint density at radius 3 is 2.94 bits per heavy atom. The molecule has 2 rings (SSSR count). The Morgan fingerprint density at radius 1 is 1.31 bits per heavy atom. The van der Waals surface area contributed by atoms with Gasteiger partial charge in [-0.05, 0) is 50.4 Å². The van der Waals surface area contributed by atoms with E-state index in [0.717, 1.165) is 18.2 Å². The lowest BCUT2D eigenvalue weighted by Gasteiger charge is -2.22. The molecular weight excluding hydrogens is 200 g/mol. The van der Waals surface area contributed by atoms with E-state index in [0.29, 0.717) is 6.61 Å². The van der Waals surface area contributed by atoms with E-state index in [1.165, 1.54) is 32.4 Å². The molecule has 0 atom stereocenters. The molecule has 1 N–H and O–H groups in total. The molecule has 1 aliphatic rings. The topological polar surface area (TPSA) is 34.1 Å². The number of rotatable bonds is 5. The smallest absolute Gasteiger partial charge is 0.0887 e. The van der Waals surface area contributed by atoms with E-state index in [1.807, 2.05) is 24.4 Å². The van der Waals surface area contributed by atoms with E-state index < -0.39 is 0 Å². The van der Waals surface area contributed by atoms with Gasteiger partial charge in [-0.2, -0.15) is 0 Å². The van der Waals surface area contributed by atoms with Gasteiger partial charge in [-0.3, -0.25) is 4.98 Å². The fourth-order valence-electron chi connectivity index (χ4n) is 2.08. The van der Waals surface area contributed by atoms with Crippen molar-refractivity contribution in [2.24, 2.45) is 5.92 Å². The summed E-state index contributed by atoms with van der Waals surface area (Å²) in [6.07, 6.45) is 5.60. The maximum absolute atomic E-state index is 5.64. The fraction of sp³-hybridized carbons (Fsp3) is 0.615. The van der Waals surface area contributed by atoms with Gasteiger partial charge in [0.25, 0.3) is 0 Å². The number of aromatic nitrogens is 1. The summed E-state index contributed by atoms with van der Waals surface area (Å²) in [5.41, 5.74) is 1.02. The van der Waals surface area contributed by atoms with Gasteiger partial charge in [0.2, 0.25) is 0 Å². The highest BCUT2D eigenvalue weighted by Crippen LogP contribution is 2.15. The van der Waals surface area contributed by atoms with E-state index in [2.05, 4.69) is 10.3 Å². The maximum atomic E-state index is 5.64. The quantitative estimate of drug-likeness (QED) is 0.771. The molecular formula is C13H20N2O. The second kappa shape index (κ2) is 6.61. The Labute approximate surface area is 97.2 Å². The van der Waals surface area contributed by atoms with E-state index in [4.69, 9.17) is 4.74 Å². The van der Waals surface area contributed by atoms with Gasteiger partial charge >= 0.3 is 0 Å². The lowest BCUT2D eigenvalue weighted by molar-refractivity contribution is 0.100. The molecule has 0 bridgehead atoms. The molecule has 0 saturated carbocycles. The lowest BCUT2D eigenvalue weighted by atomic mass is 9.95. The molecule has 16 heavy (non-hydrogen) atoms. The van der Waals surface area contributed by atoms with Crippen molar-refractivity contribution >= 4 is 0 Å². The Balaban J connectivity index is 1.58. The lowest BCUT2D eigenvalue weighted by Crippen LogP contribution is -2.28. The van der Waals surface area contributed by atoms with Gasteiger partial charge < -0.3 is 10.1 Å². The summed E-state index contributed by atoms with van der Waals surface area (Å²) < 4.78 is 5.64. The molecule has 0 amide bonds. The molecule has 0 aliphatic carbocycles. The summed E-state index contributed by atoms with van der Waals surface area (Å²) >= 11 is 0. The minimum atomic E-state index is 0.645. The number of hydrogen-bond donors (Lipinski definition) is 1. The average molecular weight is 220 g/mol. The third-order valence-corrected chi connectivity index (χ3v) is 3.11. The van der Waals surface area contributed by atoms with Crippen LogP contribution in [0.3, 0.4) is 0 Å². The summed E-state index contributed by atoms with van der Waals surface area (Å²) in [4.78, 5) is 4.23. The first-order chi connectivity index (χ1) is 7.95. The van der Waals surface area contributed by atoms with Crippen molar-refractivity contribution < 1.29 is 4.74 Å². The maximum Gasteiger partial charge on any atom is 0.0887 e. The van der Waals surface area contributed by atoms with E-state index in [-0.39, 0.29) is 0 Å². The van der Waals surface area contributed by atoms with Crippen LogP contribution in [-0.4, -0.2) is 24.7 Å². The largest absolute Gasteiger partial charge is 0.375 e. The average Bonchev–Trinajstić information content (AvgIpc) is 2.37. The molecule has 0 spiro atoms. The van der Waals surface area contributed by atoms with Crippen molar-refractivity contribution in [3.63, 3.8) is 0 Å². The molecule has 2 heterocycles. The number of ether oxygens (including phenoxy) is 1. The minimum Gasteiger partial charge on any atom is -0.375 e. The van der Waals surface area contributed by atoms with Crippen LogP contribution in [0.5, 0.6) is 0 Å². The molecule has 0 radical (unpaired) electrons. The zero-order chi connectivity index (χ0) is 11.1. The number of nitrogens with one attached hydrogen (secondary N) is 1. The number of piperidine rings is 1. The van der Waals surface area contributed by atoms with Crippen LogP contribution in [0.2, 0.25) is 0 Å². The number of nitrogens with zero attached hydrogens (tertiary/aromatic N) is 1. The zero-order valence-electron chi connectivity index (χ0n) is 9.69. The summed E-state index contributed by atoms with van der Waals surface area (Å²) in [5.74, 6) is 0.852. The second-order valence-electron chi connectivity index (χ2n) is 4.36. The molecule has 1 aromatic heterocycles. The molecule has 3 nitrogen and oxygen atoms in total. The normalized spacial score (nSPS) is 17.5. The Kier molecular flexibility index (Phi) is 4.77. The Morgan fingerprint density at radius 2 is 2.19 bits per heavy atom. The highest BCUT2D eigenvalue weighted by Gasteiger charge is 2.12. The van der Waals surface area contributed by atoms with Crippen molar-refractivity contribution in [2.75, 3.05) is 19.7 Å². The van der Waals surface area contributed by atoms with Crippen LogP contribution < -0.4 is 5.32 Å². The molecule has 1 fully saturated rings. The standard InChI is InChI=1S/C13H20N2O/c1-2-7-15-13(3-1)11-16-10-6-12-4-8-14-9-5-12/h1-3,7,12,14H,4-6,8-11H2. The van der Waals surface area contributed by atoms with Gasteiger partial charge in [0.15, 0.2) is 0 Å². The molecule has 1 saturated heterocycles. The molecule has 88 valence electrons. The van der Waals surface area contributed by atoms with E-state index in [9.17, 15) is 0 Å². The predicted molar refractivity (Wildman–Crippen MR) is 64.1 cm³/mol. The molecule has 0 aromatic carbocycles. The van der Waals surface area contributed by atoms with Crippen molar-refractivity contribution in [3.05, 3.63) is 30.1 Å². The number of hydrogen-bond acceptors (Lipinski definition) is 3.